The number of hydrazine groups is 1. The summed E-state index contributed by atoms with van der Waals surface area (Å²) in [6, 6.07) is 12.2. The molecule has 4 heterocycles. The summed E-state index contributed by atoms with van der Waals surface area (Å²) in [7, 11) is 0. The van der Waals surface area contributed by atoms with Crippen molar-refractivity contribution in [1.82, 2.24) is 35.7 Å². The highest BCUT2D eigenvalue weighted by Crippen LogP contribution is 2.45. The molecule has 1 saturated carbocycles. The molecule has 1 aromatic heterocycles. The van der Waals surface area contributed by atoms with E-state index in [2.05, 4.69) is 84.9 Å². The van der Waals surface area contributed by atoms with Crippen molar-refractivity contribution in [3.63, 3.8) is 0 Å². The number of nitrogens with one attached hydrogen (secondary N) is 3. The van der Waals surface area contributed by atoms with Crippen LogP contribution in [0.1, 0.15) is 95.2 Å². The lowest BCUT2D eigenvalue weighted by Gasteiger charge is -2.44. The van der Waals surface area contributed by atoms with Crippen molar-refractivity contribution in [1.29, 1.82) is 0 Å². The highest BCUT2D eigenvalue weighted by atomic mass is 16.1. The smallest absolute Gasteiger partial charge is 0.243 e. The van der Waals surface area contributed by atoms with Gasteiger partial charge >= 0.3 is 0 Å². The van der Waals surface area contributed by atoms with E-state index >= 15 is 0 Å². The normalized spacial score (nSPS) is 30.9. The van der Waals surface area contributed by atoms with E-state index in [1.54, 1.807) is 0 Å². The molecule has 6 rings (SSSR count). The van der Waals surface area contributed by atoms with Gasteiger partial charge in [-0.05, 0) is 51.5 Å². The fourth-order valence-corrected chi connectivity index (χ4v) is 7.37. The van der Waals surface area contributed by atoms with Crippen LogP contribution in [0.25, 0.3) is 0 Å². The molecule has 0 radical (unpaired) electrons. The van der Waals surface area contributed by atoms with Gasteiger partial charge in [-0.25, -0.2) is 5.43 Å². The number of carbonyl (C=O) groups excluding carboxylic acids is 1. The Bertz CT molecular complexity index is 1080. The van der Waals surface area contributed by atoms with Crippen molar-refractivity contribution >= 4 is 11.9 Å². The van der Waals surface area contributed by atoms with E-state index in [0.717, 1.165) is 37.7 Å². The maximum atomic E-state index is 12.6. The molecule has 6 atom stereocenters. The predicted octanol–water partition coefficient (Wildman–Crippen LogP) is 3.66. The quantitative estimate of drug-likeness (QED) is 0.489. The molecule has 1 aromatic carbocycles. The van der Waals surface area contributed by atoms with Gasteiger partial charge in [0.05, 0.1) is 0 Å². The third-order valence-corrected chi connectivity index (χ3v) is 9.37. The van der Waals surface area contributed by atoms with Crippen LogP contribution in [-0.4, -0.2) is 56.9 Å². The summed E-state index contributed by atoms with van der Waals surface area (Å²) >= 11 is 0. The van der Waals surface area contributed by atoms with E-state index in [4.69, 9.17) is 0 Å². The zero-order valence-electron chi connectivity index (χ0n) is 23.0. The minimum Gasteiger partial charge on any atom is -0.355 e. The first-order valence-electron chi connectivity index (χ1n) is 14.9. The van der Waals surface area contributed by atoms with Gasteiger partial charge in [-0.1, -0.05) is 49.6 Å². The monoisotopic (exact) mass is 520 g/mol. The number of carbonyl (C=O) groups is 1. The fraction of sp³-hybridized carbons (Fsp3) is 0.690. The summed E-state index contributed by atoms with van der Waals surface area (Å²) in [6.07, 6.45) is 11.1. The third-order valence-electron chi connectivity index (χ3n) is 9.37. The molecule has 1 amide bonds. The first-order chi connectivity index (χ1) is 18.6. The number of amides is 1. The van der Waals surface area contributed by atoms with E-state index < -0.39 is 0 Å². The van der Waals surface area contributed by atoms with Crippen molar-refractivity contribution in [2.45, 2.75) is 109 Å². The van der Waals surface area contributed by atoms with Crippen LogP contribution in [-0.2, 0) is 11.2 Å². The van der Waals surface area contributed by atoms with Crippen LogP contribution in [0.5, 0.6) is 0 Å². The molecule has 3 fully saturated rings. The van der Waals surface area contributed by atoms with Gasteiger partial charge in [0, 0.05) is 50.0 Å². The Morgan fingerprint density at radius 1 is 1.03 bits per heavy atom. The van der Waals surface area contributed by atoms with Crippen LogP contribution in [0.4, 0.5) is 5.95 Å². The van der Waals surface area contributed by atoms with Gasteiger partial charge in [0.1, 0.15) is 18.2 Å². The molecule has 1 aliphatic carbocycles. The van der Waals surface area contributed by atoms with Crippen molar-refractivity contribution in [3.8, 4) is 0 Å². The summed E-state index contributed by atoms with van der Waals surface area (Å²) in [4.78, 5) is 15.2. The Labute approximate surface area is 226 Å². The van der Waals surface area contributed by atoms with Crippen molar-refractivity contribution in [2.24, 2.45) is 5.92 Å². The summed E-state index contributed by atoms with van der Waals surface area (Å²) in [5.74, 6) is 2.58. The highest BCUT2D eigenvalue weighted by Gasteiger charge is 2.48. The van der Waals surface area contributed by atoms with Crippen LogP contribution < -0.4 is 21.1 Å². The van der Waals surface area contributed by atoms with Crippen LogP contribution in [0, 0.1) is 5.92 Å². The van der Waals surface area contributed by atoms with Gasteiger partial charge in [0.25, 0.3) is 0 Å². The van der Waals surface area contributed by atoms with Gasteiger partial charge in [-0.2, -0.15) is 0 Å². The Balaban J connectivity index is 1.07. The summed E-state index contributed by atoms with van der Waals surface area (Å²) in [5, 5.41) is 18.5. The van der Waals surface area contributed by atoms with Gasteiger partial charge in [0.2, 0.25) is 11.9 Å². The van der Waals surface area contributed by atoms with Crippen LogP contribution in [0.3, 0.4) is 0 Å². The number of rotatable bonds is 8. The first-order valence-corrected chi connectivity index (χ1v) is 14.9. The average molecular weight is 521 g/mol. The van der Waals surface area contributed by atoms with Crippen LogP contribution >= 0.6 is 0 Å². The molecule has 4 unspecified atom stereocenters. The summed E-state index contributed by atoms with van der Waals surface area (Å²) in [6.45, 7) is 6.29. The Morgan fingerprint density at radius 3 is 2.63 bits per heavy atom. The highest BCUT2D eigenvalue weighted by molar-refractivity contribution is 5.75. The molecule has 3 aliphatic heterocycles. The second kappa shape index (κ2) is 11.3. The second-order valence-electron chi connectivity index (χ2n) is 11.8. The number of benzene rings is 1. The largest absolute Gasteiger partial charge is 0.355 e. The standard InChI is InChI=1S/C29H44N8O/c1-20-10-8-11-21(2)35(20)19-18-30-26(38)17-9-16-25-32-33-29-36(25)24-15-7-6-14-23(24)28-31-27(34-37(28)29)22-12-4-3-5-13-22/h3-5,12-13,20-21,23-24,27-28,31,34H,6-11,14-19H2,1-2H3,(H,30,38)/t20-,21+,23?,24?,27?,28?. The number of fused-ring (bicyclic) bond motifs is 6. The molecular weight excluding hydrogens is 476 g/mol. The zero-order chi connectivity index (χ0) is 26.1. The third kappa shape index (κ3) is 5.08. The maximum Gasteiger partial charge on any atom is 0.243 e. The summed E-state index contributed by atoms with van der Waals surface area (Å²) in [5.41, 5.74) is 4.91. The SMILES string of the molecule is C[C@@H]1CCC[C@H](C)N1CCNC(=O)CCCc1nnc2n1C1CCCCC1C1NC(c3ccccc3)NN21. The van der Waals surface area contributed by atoms with E-state index in [1.165, 1.54) is 50.5 Å². The number of anilines is 1. The lowest BCUT2D eigenvalue weighted by Crippen LogP contribution is -2.53. The zero-order valence-corrected chi connectivity index (χ0v) is 23.0. The molecule has 0 spiro atoms. The summed E-state index contributed by atoms with van der Waals surface area (Å²) < 4.78 is 2.39. The molecule has 3 N–H and O–H groups in total. The van der Waals surface area contributed by atoms with Crippen molar-refractivity contribution < 1.29 is 4.79 Å². The number of aryl methyl sites for hydroxylation is 1. The Kier molecular flexibility index (Phi) is 7.68. The van der Waals surface area contributed by atoms with E-state index in [1.807, 2.05) is 0 Å². The first kappa shape index (κ1) is 25.8. The number of likely N-dealkylation sites (tertiary alicyclic amines) is 1. The van der Waals surface area contributed by atoms with Crippen LogP contribution in [0.15, 0.2) is 30.3 Å². The molecule has 9 nitrogen and oxygen atoms in total. The molecule has 2 aromatic rings. The molecule has 38 heavy (non-hydrogen) atoms. The lowest BCUT2D eigenvalue weighted by atomic mass is 9.81. The van der Waals surface area contributed by atoms with Gasteiger partial charge in [0.15, 0.2) is 0 Å². The number of piperidine rings is 1. The Morgan fingerprint density at radius 2 is 1.82 bits per heavy atom. The lowest BCUT2D eigenvalue weighted by molar-refractivity contribution is -0.121. The van der Waals surface area contributed by atoms with Crippen molar-refractivity contribution in [3.05, 3.63) is 41.7 Å². The number of nitrogens with zero attached hydrogens (tertiary/aromatic N) is 5. The van der Waals surface area contributed by atoms with E-state index in [-0.39, 0.29) is 18.2 Å². The second-order valence-corrected chi connectivity index (χ2v) is 11.8. The number of hydrogen-bond donors (Lipinski definition) is 3. The van der Waals surface area contributed by atoms with E-state index in [9.17, 15) is 4.79 Å². The Hall–Kier alpha value is -2.49. The maximum absolute atomic E-state index is 12.6. The van der Waals surface area contributed by atoms with Gasteiger partial charge in [-0.15, -0.1) is 10.2 Å². The minimum atomic E-state index is 0.0649. The average Bonchev–Trinajstić information content (AvgIpc) is 3.56. The predicted molar refractivity (Wildman–Crippen MR) is 148 cm³/mol. The van der Waals surface area contributed by atoms with Gasteiger partial charge < -0.3 is 5.32 Å². The molecule has 206 valence electrons. The van der Waals surface area contributed by atoms with E-state index in [0.29, 0.717) is 30.5 Å². The minimum absolute atomic E-state index is 0.0649. The molecule has 4 aliphatic rings. The number of hydrogen-bond acceptors (Lipinski definition) is 7. The topological polar surface area (TPSA) is 90.3 Å². The van der Waals surface area contributed by atoms with Crippen molar-refractivity contribution in [2.75, 3.05) is 18.1 Å². The van der Waals surface area contributed by atoms with Gasteiger partial charge in [-0.3, -0.25) is 24.6 Å². The molecular formula is C29H44N8O. The molecule has 0 bridgehead atoms. The number of aromatic nitrogens is 3. The fourth-order valence-electron chi connectivity index (χ4n) is 7.37. The molecule has 9 heteroatoms. The molecule has 2 saturated heterocycles. The van der Waals surface area contributed by atoms with Crippen LogP contribution in [0.2, 0.25) is 0 Å².